The number of thiazole rings is 1. The second kappa shape index (κ2) is 5.41. The predicted octanol–water partition coefficient (Wildman–Crippen LogP) is 3.95. The second-order valence-corrected chi connectivity index (χ2v) is 5.71. The van der Waals surface area contributed by atoms with E-state index < -0.39 is 0 Å². The fraction of sp³-hybridized carbons (Fsp3) is 0.231. The van der Waals surface area contributed by atoms with E-state index in [0.717, 1.165) is 15.8 Å². The maximum Gasteiger partial charge on any atom is 0.181 e. The standard InChI is InChI=1S/C13H12FN3OS2/c1-3-18-12-10(14)13(19-2)9(8-5-15-6-20-8)7-4-16-17-11(7)12/h4-6H,3H2,1-2H3,(H,16,17). The van der Waals surface area contributed by atoms with E-state index in [0.29, 0.717) is 17.0 Å². The molecule has 7 heteroatoms. The van der Waals surface area contributed by atoms with Crippen LogP contribution in [0.25, 0.3) is 21.3 Å². The zero-order valence-corrected chi connectivity index (χ0v) is 12.6. The van der Waals surface area contributed by atoms with Gasteiger partial charge in [-0.3, -0.25) is 10.1 Å². The highest BCUT2D eigenvalue weighted by molar-refractivity contribution is 7.98. The number of rotatable bonds is 4. The van der Waals surface area contributed by atoms with Crippen molar-refractivity contribution in [3.05, 3.63) is 23.7 Å². The molecular weight excluding hydrogens is 297 g/mol. The lowest BCUT2D eigenvalue weighted by Gasteiger charge is -2.13. The number of hydrogen-bond acceptors (Lipinski definition) is 5. The van der Waals surface area contributed by atoms with Gasteiger partial charge in [-0.2, -0.15) is 5.10 Å². The lowest BCUT2D eigenvalue weighted by atomic mass is 10.1. The minimum Gasteiger partial charge on any atom is -0.489 e. The number of aromatic amines is 1. The van der Waals surface area contributed by atoms with Crippen LogP contribution in [0.3, 0.4) is 0 Å². The highest BCUT2D eigenvalue weighted by Gasteiger charge is 2.23. The van der Waals surface area contributed by atoms with Crippen molar-refractivity contribution in [2.45, 2.75) is 11.8 Å². The number of H-pyrrole nitrogens is 1. The van der Waals surface area contributed by atoms with E-state index in [1.807, 2.05) is 13.2 Å². The molecule has 0 aliphatic carbocycles. The van der Waals surface area contributed by atoms with Crippen LogP contribution in [0, 0.1) is 5.82 Å². The molecule has 0 amide bonds. The summed E-state index contributed by atoms with van der Waals surface area (Å²) in [4.78, 5) is 5.56. The van der Waals surface area contributed by atoms with Crippen molar-refractivity contribution in [3.63, 3.8) is 0 Å². The van der Waals surface area contributed by atoms with E-state index in [2.05, 4.69) is 15.2 Å². The monoisotopic (exact) mass is 309 g/mol. The molecule has 3 aromatic rings. The summed E-state index contributed by atoms with van der Waals surface area (Å²) in [5.41, 5.74) is 3.15. The van der Waals surface area contributed by atoms with Crippen LogP contribution in [0.15, 0.2) is 22.8 Å². The first-order valence-corrected chi connectivity index (χ1v) is 8.12. The molecule has 0 saturated heterocycles. The number of thioether (sulfide) groups is 1. The SMILES string of the molecule is CCOc1c(F)c(SC)c(-c2cncs2)c2cn[nH]c12. The molecule has 0 spiro atoms. The van der Waals surface area contributed by atoms with Crippen LogP contribution >= 0.6 is 23.1 Å². The molecular formula is C13H12FN3OS2. The zero-order chi connectivity index (χ0) is 14.1. The second-order valence-electron chi connectivity index (χ2n) is 4.01. The van der Waals surface area contributed by atoms with Gasteiger partial charge in [0.25, 0.3) is 0 Å². The van der Waals surface area contributed by atoms with Gasteiger partial charge in [-0.05, 0) is 13.2 Å². The molecule has 0 aliphatic heterocycles. The molecule has 2 heterocycles. The zero-order valence-electron chi connectivity index (χ0n) is 10.9. The Morgan fingerprint density at radius 2 is 2.30 bits per heavy atom. The van der Waals surface area contributed by atoms with Gasteiger partial charge in [-0.1, -0.05) is 0 Å². The van der Waals surface area contributed by atoms with E-state index in [9.17, 15) is 4.39 Å². The molecule has 0 fully saturated rings. The van der Waals surface area contributed by atoms with E-state index in [4.69, 9.17) is 4.74 Å². The average molecular weight is 309 g/mol. The molecule has 0 aliphatic rings. The van der Waals surface area contributed by atoms with Crippen LogP contribution in [0.1, 0.15) is 6.92 Å². The largest absolute Gasteiger partial charge is 0.489 e. The van der Waals surface area contributed by atoms with Crippen LogP contribution in [-0.2, 0) is 0 Å². The molecule has 104 valence electrons. The summed E-state index contributed by atoms with van der Waals surface area (Å²) in [5.74, 6) is -0.114. The fourth-order valence-electron chi connectivity index (χ4n) is 2.15. The predicted molar refractivity (Wildman–Crippen MR) is 80.1 cm³/mol. The van der Waals surface area contributed by atoms with Gasteiger partial charge in [0.05, 0.1) is 28.1 Å². The minimum absolute atomic E-state index is 0.234. The van der Waals surface area contributed by atoms with Crippen LogP contribution in [0.4, 0.5) is 4.39 Å². The number of aromatic nitrogens is 3. The minimum atomic E-state index is -0.348. The summed E-state index contributed by atoms with van der Waals surface area (Å²) in [6.07, 6.45) is 5.29. The molecule has 0 bridgehead atoms. The number of benzene rings is 1. The first-order valence-electron chi connectivity index (χ1n) is 6.02. The Labute approximate surface area is 123 Å². The normalized spacial score (nSPS) is 11.2. The maximum atomic E-state index is 14.7. The van der Waals surface area contributed by atoms with Crippen molar-refractivity contribution in [2.24, 2.45) is 0 Å². The van der Waals surface area contributed by atoms with Gasteiger partial charge in [0.15, 0.2) is 11.6 Å². The molecule has 0 atom stereocenters. The Kier molecular flexibility index (Phi) is 3.62. The third-order valence-electron chi connectivity index (χ3n) is 2.93. The number of hydrogen-bond donors (Lipinski definition) is 1. The third-order valence-corrected chi connectivity index (χ3v) is 4.52. The van der Waals surface area contributed by atoms with Gasteiger partial charge in [-0.15, -0.1) is 23.1 Å². The first-order chi connectivity index (χ1) is 9.77. The molecule has 1 aromatic carbocycles. The van der Waals surface area contributed by atoms with E-state index in [-0.39, 0.29) is 11.6 Å². The van der Waals surface area contributed by atoms with Gasteiger partial charge in [0, 0.05) is 17.1 Å². The highest BCUT2D eigenvalue weighted by atomic mass is 32.2. The van der Waals surface area contributed by atoms with Gasteiger partial charge in [-0.25, -0.2) is 4.39 Å². The average Bonchev–Trinajstić information content (AvgIpc) is 3.12. The summed E-state index contributed by atoms with van der Waals surface area (Å²) in [5, 5.41) is 7.71. The van der Waals surface area contributed by atoms with Gasteiger partial charge < -0.3 is 4.74 Å². The fourth-order valence-corrected chi connectivity index (χ4v) is 3.60. The maximum absolute atomic E-state index is 14.7. The summed E-state index contributed by atoms with van der Waals surface area (Å²) in [6, 6.07) is 0. The van der Waals surface area contributed by atoms with Gasteiger partial charge in [0.1, 0.15) is 5.52 Å². The smallest absolute Gasteiger partial charge is 0.181 e. The van der Waals surface area contributed by atoms with Crippen molar-refractivity contribution in [3.8, 4) is 16.2 Å². The molecule has 20 heavy (non-hydrogen) atoms. The molecule has 2 aromatic heterocycles. The van der Waals surface area contributed by atoms with Crippen LogP contribution < -0.4 is 4.74 Å². The Morgan fingerprint density at radius 1 is 1.45 bits per heavy atom. The Balaban J connectivity index is 2.40. The Hall–Kier alpha value is -1.60. The summed E-state index contributed by atoms with van der Waals surface area (Å²) in [7, 11) is 0. The van der Waals surface area contributed by atoms with Crippen molar-refractivity contribution in [1.29, 1.82) is 0 Å². The summed E-state index contributed by atoms with van der Waals surface area (Å²) < 4.78 is 20.2. The lowest BCUT2D eigenvalue weighted by molar-refractivity contribution is 0.322. The number of halogens is 1. The summed E-state index contributed by atoms with van der Waals surface area (Å²) >= 11 is 2.84. The molecule has 1 N–H and O–H groups in total. The Morgan fingerprint density at radius 3 is 2.95 bits per heavy atom. The van der Waals surface area contributed by atoms with Crippen LogP contribution in [-0.4, -0.2) is 28.0 Å². The first kappa shape index (κ1) is 13.4. The molecule has 0 unspecified atom stereocenters. The number of fused-ring (bicyclic) bond motifs is 1. The summed E-state index contributed by atoms with van der Waals surface area (Å²) in [6.45, 7) is 2.23. The third kappa shape index (κ3) is 1.97. The number of nitrogens with zero attached hydrogens (tertiary/aromatic N) is 2. The highest BCUT2D eigenvalue weighted by Crippen LogP contribution is 2.44. The molecule has 3 rings (SSSR count). The van der Waals surface area contributed by atoms with Gasteiger partial charge in [0.2, 0.25) is 0 Å². The quantitative estimate of drug-likeness (QED) is 0.742. The van der Waals surface area contributed by atoms with Crippen molar-refractivity contribution in [1.82, 2.24) is 15.2 Å². The van der Waals surface area contributed by atoms with Crippen LogP contribution in [0.2, 0.25) is 0 Å². The van der Waals surface area contributed by atoms with Crippen molar-refractivity contribution < 1.29 is 9.13 Å². The topological polar surface area (TPSA) is 50.8 Å². The van der Waals surface area contributed by atoms with Gasteiger partial charge >= 0.3 is 0 Å². The van der Waals surface area contributed by atoms with E-state index in [1.165, 1.54) is 23.1 Å². The Bertz CT molecular complexity index is 740. The van der Waals surface area contributed by atoms with E-state index in [1.54, 1.807) is 17.9 Å². The molecule has 0 radical (unpaired) electrons. The molecule has 4 nitrogen and oxygen atoms in total. The number of ether oxygens (including phenoxy) is 1. The molecule has 0 saturated carbocycles. The van der Waals surface area contributed by atoms with Crippen molar-refractivity contribution >= 4 is 34.0 Å². The number of nitrogens with one attached hydrogen (secondary N) is 1. The van der Waals surface area contributed by atoms with Crippen molar-refractivity contribution in [2.75, 3.05) is 12.9 Å². The van der Waals surface area contributed by atoms with Crippen LogP contribution in [0.5, 0.6) is 5.75 Å². The van der Waals surface area contributed by atoms with E-state index >= 15 is 0 Å². The lowest BCUT2D eigenvalue weighted by Crippen LogP contribution is -1.99.